The van der Waals surface area contributed by atoms with E-state index in [9.17, 15) is 24.6 Å². The molecule has 2 N–H and O–H groups in total. The lowest BCUT2D eigenvalue weighted by atomic mass is 10.1. The van der Waals surface area contributed by atoms with Crippen molar-refractivity contribution in [1.82, 2.24) is 9.47 Å². The number of amides is 1. The topological polar surface area (TPSA) is 118 Å². The van der Waals surface area contributed by atoms with E-state index >= 15 is 0 Å². The van der Waals surface area contributed by atoms with Crippen LogP contribution in [0.1, 0.15) is 20.8 Å². The van der Waals surface area contributed by atoms with Gasteiger partial charge in [0.1, 0.15) is 11.8 Å². The van der Waals surface area contributed by atoms with Crippen molar-refractivity contribution in [3.05, 3.63) is 27.7 Å². The first-order valence-corrected chi connectivity index (χ1v) is 6.45. The van der Waals surface area contributed by atoms with Gasteiger partial charge in [-0.1, -0.05) is 0 Å². The average molecular weight is 312 g/mol. The first-order chi connectivity index (χ1) is 10.4. The maximum absolute atomic E-state index is 12.3. The molecular formula is C13H16N2O7. The van der Waals surface area contributed by atoms with Gasteiger partial charge in [0.25, 0.3) is 5.91 Å². The maximum Gasteiger partial charge on any atom is 0.343 e. The number of aromatic nitrogens is 1. The number of aromatic hydroxyl groups is 1. The zero-order chi connectivity index (χ0) is 16.4. The van der Waals surface area contributed by atoms with Crippen LogP contribution in [0.2, 0.25) is 0 Å². The van der Waals surface area contributed by atoms with Gasteiger partial charge in [-0.15, -0.1) is 0 Å². The Morgan fingerprint density at radius 1 is 1.41 bits per heavy atom. The molecule has 9 heteroatoms. The standard InChI is InChI=1S/C13H16N2O7/c1-21-4-3-15-8(16)6-14-5-7(13(20)22-2)10(17)11(18)9(14)12(15)19/h5,8,16,18H,3-4,6H2,1-2H3. The van der Waals surface area contributed by atoms with Crippen LogP contribution in [0.15, 0.2) is 11.0 Å². The number of methoxy groups -OCH3 is 2. The van der Waals surface area contributed by atoms with Gasteiger partial charge in [0.05, 0.1) is 20.3 Å². The minimum absolute atomic E-state index is 0.0946. The Bertz CT molecular complexity index is 667. The van der Waals surface area contributed by atoms with Gasteiger partial charge in [-0.2, -0.15) is 0 Å². The second-order valence-corrected chi connectivity index (χ2v) is 4.69. The molecule has 9 nitrogen and oxygen atoms in total. The first kappa shape index (κ1) is 16.0. The van der Waals surface area contributed by atoms with E-state index in [0.29, 0.717) is 0 Å². The number of aliphatic hydroxyl groups is 1. The Balaban J connectivity index is 2.52. The van der Waals surface area contributed by atoms with Crippen LogP contribution in [0, 0.1) is 0 Å². The Morgan fingerprint density at radius 2 is 2.09 bits per heavy atom. The van der Waals surface area contributed by atoms with Crippen LogP contribution in [0.4, 0.5) is 0 Å². The predicted molar refractivity (Wildman–Crippen MR) is 72.6 cm³/mol. The number of nitrogens with zero attached hydrogens (tertiary/aromatic N) is 2. The summed E-state index contributed by atoms with van der Waals surface area (Å²) in [6.07, 6.45) is -0.0691. The summed E-state index contributed by atoms with van der Waals surface area (Å²) < 4.78 is 10.5. The molecule has 1 aromatic rings. The third-order valence-corrected chi connectivity index (χ3v) is 3.38. The number of ether oxygens (including phenoxy) is 2. The molecule has 1 aliphatic heterocycles. The van der Waals surface area contributed by atoms with Crippen LogP contribution in [0.25, 0.3) is 0 Å². The summed E-state index contributed by atoms with van der Waals surface area (Å²) in [5.41, 5.74) is -1.68. The summed E-state index contributed by atoms with van der Waals surface area (Å²) in [4.78, 5) is 36.9. The molecule has 1 amide bonds. The Hall–Kier alpha value is -2.39. The van der Waals surface area contributed by atoms with Gasteiger partial charge >= 0.3 is 5.97 Å². The number of pyridine rings is 1. The SMILES string of the molecule is COCCN1C(=O)c2c(O)c(=O)c(C(=O)OC)cn2CC1O. The van der Waals surface area contributed by atoms with E-state index in [0.717, 1.165) is 18.2 Å². The molecule has 2 rings (SSSR count). The van der Waals surface area contributed by atoms with Gasteiger partial charge in [0, 0.05) is 19.9 Å². The second-order valence-electron chi connectivity index (χ2n) is 4.69. The summed E-state index contributed by atoms with van der Waals surface area (Å²) in [6, 6.07) is 0. The quantitative estimate of drug-likeness (QED) is 0.668. The zero-order valence-corrected chi connectivity index (χ0v) is 12.1. The van der Waals surface area contributed by atoms with Gasteiger partial charge in [0.15, 0.2) is 11.4 Å². The number of rotatable bonds is 4. The second kappa shape index (κ2) is 6.16. The zero-order valence-electron chi connectivity index (χ0n) is 12.1. The fourth-order valence-electron chi connectivity index (χ4n) is 2.26. The molecule has 22 heavy (non-hydrogen) atoms. The molecule has 0 fully saturated rings. The number of aliphatic hydroxyl groups excluding tert-OH is 1. The number of carbonyl (C=O) groups excluding carboxylic acids is 2. The van der Waals surface area contributed by atoms with Gasteiger partial charge in [0.2, 0.25) is 5.43 Å². The van der Waals surface area contributed by atoms with Crippen LogP contribution in [0.5, 0.6) is 5.75 Å². The molecule has 0 saturated carbocycles. The summed E-state index contributed by atoms with van der Waals surface area (Å²) in [7, 11) is 2.54. The molecular weight excluding hydrogens is 296 g/mol. The summed E-state index contributed by atoms with van der Waals surface area (Å²) in [5.74, 6) is -2.50. The van der Waals surface area contributed by atoms with Crippen molar-refractivity contribution in [2.24, 2.45) is 0 Å². The number of hydrogen-bond acceptors (Lipinski definition) is 7. The lowest BCUT2D eigenvalue weighted by Gasteiger charge is -2.34. The highest BCUT2D eigenvalue weighted by molar-refractivity contribution is 5.97. The molecule has 1 aliphatic rings. The van der Waals surface area contributed by atoms with Crippen molar-refractivity contribution < 1.29 is 29.3 Å². The van der Waals surface area contributed by atoms with E-state index in [2.05, 4.69) is 4.74 Å². The van der Waals surface area contributed by atoms with Crippen LogP contribution in [-0.4, -0.2) is 65.2 Å². The van der Waals surface area contributed by atoms with E-state index in [4.69, 9.17) is 4.74 Å². The fourth-order valence-corrected chi connectivity index (χ4v) is 2.26. The van der Waals surface area contributed by atoms with Crippen LogP contribution in [-0.2, 0) is 16.0 Å². The molecule has 0 bridgehead atoms. The number of esters is 1. The van der Waals surface area contributed by atoms with Crippen LogP contribution >= 0.6 is 0 Å². The number of fused-ring (bicyclic) bond motifs is 1. The van der Waals surface area contributed by atoms with Gasteiger partial charge in [-0.3, -0.25) is 9.59 Å². The normalized spacial score (nSPS) is 17.3. The summed E-state index contributed by atoms with van der Waals surface area (Å²) in [6.45, 7) is 0.194. The molecule has 0 saturated heterocycles. The Morgan fingerprint density at radius 3 is 2.68 bits per heavy atom. The first-order valence-electron chi connectivity index (χ1n) is 6.45. The largest absolute Gasteiger partial charge is 0.503 e. The van der Waals surface area contributed by atoms with Gasteiger partial charge in [-0.05, 0) is 0 Å². The minimum Gasteiger partial charge on any atom is -0.503 e. The lowest BCUT2D eigenvalue weighted by molar-refractivity contribution is -0.0206. The van der Waals surface area contributed by atoms with Gasteiger partial charge < -0.3 is 29.2 Å². The molecule has 0 radical (unpaired) electrons. The molecule has 1 aromatic heterocycles. The maximum atomic E-state index is 12.3. The van der Waals surface area contributed by atoms with E-state index in [1.54, 1.807) is 0 Å². The smallest absolute Gasteiger partial charge is 0.343 e. The van der Waals surface area contributed by atoms with Crippen molar-refractivity contribution in [2.45, 2.75) is 12.8 Å². The fraction of sp³-hybridized carbons (Fsp3) is 0.462. The molecule has 2 heterocycles. The molecule has 0 spiro atoms. The van der Waals surface area contributed by atoms with Crippen molar-refractivity contribution in [3.63, 3.8) is 0 Å². The molecule has 0 aliphatic carbocycles. The highest BCUT2D eigenvalue weighted by Gasteiger charge is 2.35. The predicted octanol–water partition coefficient (Wildman–Crippen LogP) is -1.24. The molecule has 0 aromatic carbocycles. The van der Waals surface area contributed by atoms with Crippen molar-refractivity contribution in [1.29, 1.82) is 0 Å². The van der Waals surface area contributed by atoms with E-state index in [1.165, 1.54) is 11.7 Å². The van der Waals surface area contributed by atoms with Crippen molar-refractivity contribution in [2.75, 3.05) is 27.4 Å². The Kier molecular flexibility index (Phi) is 4.48. The van der Waals surface area contributed by atoms with Crippen molar-refractivity contribution in [3.8, 4) is 5.75 Å². The average Bonchev–Trinajstić information content (AvgIpc) is 2.49. The van der Waals surface area contributed by atoms with E-state index in [-0.39, 0.29) is 25.4 Å². The highest BCUT2D eigenvalue weighted by Crippen LogP contribution is 2.22. The van der Waals surface area contributed by atoms with Gasteiger partial charge in [-0.25, -0.2) is 4.79 Å². The van der Waals surface area contributed by atoms with Crippen LogP contribution in [0.3, 0.4) is 0 Å². The van der Waals surface area contributed by atoms with E-state index in [1.807, 2.05) is 0 Å². The summed E-state index contributed by atoms with van der Waals surface area (Å²) in [5, 5.41) is 20.0. The lowest BCUT2D eigenvalue weighted by Crippen LogP contribution is -2.50. The monoisotopic (exact) mass is 312 g/mol. The molecule has 120 valence electrons. The third-order valence-electron chi connectivity index (χ3n) is 3.38. The summed E-state index contributed by atoms with van der Waals surface area (Å²) >= 11 is 0. The number of hydrogen-bond donors (Lipinski definition) is 2. The third kappa shape index (κ3) is 2.55. The highest BCUT2D eigenvalue weighted by atomic mass is 16.5. The Labute approximate surface area is 125 Å². The molecule has 1 atom stereocenters. The van der Waals surface area contributed by atoms with Crippen molar-refractivity contribution >= 4 is 11.9 Å². The van der Waals surface area contributed by atoms with Crippen LogP contribution < -0.4 is 5.43 Å². The molecule has 1 unspecified atom stereocenters. The van der Waals surface area contributed by atoms with E-state index < -0.39 is 34.8 Å². The minimum atomic E-state index is -1.16. The number of carbonyl (C=O) groups is 2.